The molecular weight excluding hydrogens is 282 g/mol. The van der Waals surface area contributed by atoms with Crippen molar-refractivity contribution in [3.05, 3.63) is 0 Å². The lowest BCUT2D eigenvalue weighted by atomic mass is 9.88. The number of nitrogens with zero attached hydrogens (tertiary/aromatic N) is 1. The van der Waals surface area contributed by atoms with Crippen molar-refractivity contribution in [2.24, 2.45) is 17.4 Å². The van der Waals surface area contributed by atoms with Gasteiger partial charge in [-0.1, -0.05) is 25.7 Å². The fraction of sp³-hybridized carbons (Fsp3) is 0.875. The number of amides is 1. The van der Waals surface area contributed by atoms with Gasteiger partial charge in [-0.3, -0.25) is 4.79 Å². The summed E-state index contributed by atoms with van der Waals surface area (Å²) in [7, 11) is 0. The van der Waals surface area contributed by atoms with Crippen molar-refractivity contribution in [2.45, 2.75) is 70.4 Å². The molecule has 0 bridgehead atoms. The van der Waals surface area contributed by atoms with Crippen LogP contribution < -0.4 is 11.5 Å². The van der Waals surface area contributed by atoms with Gasteiger partial charge in [0.1, 0.15) is 6.04 Å². The lowest BCUT2D eigenvalue weighted by Gasteiger charge is -2.34. The molecule has 1 saturated carbocycles. The summed E-state index contributed by atoms with van der Waals surface area (Å²) in [4.78, 5) is 25.4. The first-order chi connectivity index (χ1) is 10.5. The average Bonchev–Trinajstić information content (AvgIpc) is 2.52. The third kappa shape index (κ3) is 5.93. The molecule has 6 nitrogen and oxygen atoms in total. The number of carbonyl (C=O) groups excluding carboxylic acids is 1. The molecule has 1 amide bonds. The van der Waals surface area contributed by atoms with E-state index in [1.54, 1.807) is 6.92 Å². The summed E-state index contributed by atoms with van der Waals surface area (Å²) < 4.78 is 0. The van der Waals surface area contributed by atoms with E-state index in [1.807, 2.05) is 0 Å². The molecule has 1 fully saturated rings. The quantitative estimate of drug-likeness (QED) is 0.556. The monoisotopic (exact) mass is 313 g/mol. The van der Waals surface area contributed by atoms with E-state index >= 15 is 0 Å². The van der Waals surface area contributed by atoms with Crippen LogP contribution in [-0.2, 0) is 9.59 Å². The van der Waals surface area contributed by atoms with Crippen LogP contribution in [0.2, 0.25) is 0 Å². The van der Waals surface area contributed by atoms with E-state index in [-0.39, 0.29) is 5.91 Å². The summed E-state index contributed by atoms with van der Waals surface area (Å²) in [6.45, 7) is 2.66. The number of rotatable bonds is 9. The maximum atomic E-state index is 12.6. The van der Waals surface area contributed by atoms with Crippen molar-refractivity contribution >= 4 is 11.9 Å². The molecule has 0 unspecified atom stereocenters. The SMILES string of the molecule is C[C@@H](C(=O)O)N(CC1CCCCC1)C(=O)[C@H](N)CCCCN. The fourth-order valence-electron chi connectivity index (χ4n) is 3.07. The van der Waals surface area contributed by atoms with Crippen molar-refractivity contribution < 1.29 is 14.7 Å². The molecule has 0 spiro atoms. The Morgan fingerprint density at radius 3 is 2.41 bits per heavy atom. The summed E-state index contributed by atoms with van der Waals surface area (Å²) in [5.41, 5.74) is 11.4. The van der Waals surface area contributed by atoms with Gasteiger partial charge in [-0.25, -0.2) is 4.79 Å². The predicted octanol–water partition coefficient (Wildman–Crippen LogP) is 1.32. The normalized spacial score (nSPS) is 18.7. The van der Waals surface area contributed by atoms with E-state index in [0.717, 1.165) is 38.5 Å². The van der Waals surface area contributed by atoms with Crippen LogP contribution in [0.15, 0.2) is 0 Å². The minimum Gasteiger partial charge on any atom is -0.480 e. The number of carboxylic acids is 1. The van der Waals surface area contributed by atoms with Crippen molar-refractivity contribution in [1.29, 1.82) is 0 Å². The third-order valence-electron chi connectivity index (χ3n) is 4.57. The van der Waals surface area contributed by atoms with E-state index in [4.69, 9.17) is 11.5 Å². The summed E-state index contributed by atoms with van der Waals surface area (Å²) in [5, 5.41) is 9.28. The maximum absolute atomic E-state index is 12.6. The molecule has 1 rings (SSSR count). The van der Waals surface area contributed by atoms with Gasteiger partial charge >= 0.3 is 5.97 Å². The van der Waals surface area contributed by atoms with Gasteiger partial charge in [0.05, 0.1) is 6.04 Å². The number of carboxylic acid groups (broad SMARTS) is 1. The molecule has 0 aromatic heterocycles. The fourth-order valence-corrected chi connectivity index (χ4v) is 3.07. The van der Waals surface area contributed by atoms with Gasteiger partial charge in [-0.05, 0) is 45.1 Å². The van der Waals surface area contributed by atoms with Gasteiger partial charge in [0.15, 0.2) is 0 Å². The van der Waals surface area contributed by atoms with Crippen molar-refractivity contribution in [2.75, 3.05) is 13.1 Å². The molecule has 1 aliphatic carbocycles. The molecule has 0 heterocycles. The highest BCUT2D eigenvalue weighted by atomic mass is 16.4. The second kappa shape index (κ2) is 9.79. The van der Waals surface area contributed by atoms with E-state index in [1.165, 1.54) is 11.3 Å². The Bertz CT molecular complexity index is 357. The van der Waals surface area contributed by atoms with Gasteiger partial charge in [-0.15, -0.1) is 0 Å². The Kier molecular flexibility index (Phi) is 8.42. The van der Waals surface area contributed by atoms with Crippen LogP contribution in [0, 0.1) is 5.92 Å². The number of carbonyl (C=O) groups is 2. The number of hydrogen-bond acceptors (Lipinski definition) is 4. The van der Waals surface area contributed by atoms with Gasteiger partial charge in [-0.2, -0.15) is 0 Å². The standard InChI is InChI=1S/C16H31N3O3/c1-12(16(21)22)19(11-13-7-3-2-4-8-13)15(20)14(18)9-5-6-10-17/h12-14H,2-11,17-18H2,1H3,(H,21,22)/t12-,14+/m0/s1. The van der Waals surface area contributed by atoms with E-state index in [9.17, 15) is 14.7 Å². The number of unbranched alkanes of at least 4 members (excludes halogenated alkanes) is 1. The average molecular weight is 313 g/mol. The molecule has 0 aliphatic heterocycles. The molecule has 0 radical (unpaired) electrons. The summed E-state index contributed by atoms with van der Waals surface area (Å²) in [6, 6.07) is -1.45. The Morgan fingerprint density at radius 1 is 1.23 bits per heavy atom. The topological polar surface area (TPSA) is 110 Å². The van der Waals surface area contributed by atoms with Crippen molar-refractivity contribution in [3.63, 3.8) is 0 Å². The van der Waals surface area contributed by atoms with Crippen LogP contribution in [0.4, 0.5) is 0 Å². The summed E-state index contributed by atoms with van der Waals surface area (Å²) >= 11 is 0. The number of hydrogen-bond donors (Lipinski definition) is 3. The molecule has 1 aliphatic rings. The van der Waals surface area contributed by atoms with Crippen LogP contribution >= 0.6 is 0 Å². The molecule has 0 saturated heterocycles. The third-order valence-corrected chi connectivity index (χ3v) is 4.57. The summed E-state index contributed by atoms with van der Waals surface area (Å²) in [5.74, 6) is -0.813. The van der Waals surface area contributed by atoms with E-state index < -0.39 is 18.1 Å². The van der Waals surface area contributed by atoms with Crippen molar-refractivity contribution in [3.8, 4) is 0 Å². The van der Waals surface area contributed by atoms with E-state index in [0.29, 0.717) is 25.4 Å². The smallest absolute Gasteiger partial charge is 0.326 e. The molecule has 2 atom stereocenters. The zero-order chi connectivity index (χ0) is 16.5. The van der Waals surface area contributed by atoms with Crippen molar-refractivity contribution in [1.82, 2.24) is 4.90 Å². The highest BCUT2D eigenvalue weighted by Crippen LogP contribution is 2.25. The van der Waals surface area contributed by atoms with Gasteiger partial charge in [0.2, 0.25) is 5.91 Å². The second-order valence-electron chi connectivity index (χ2n) is 6.40. The number of nitrogens with two attached hydrogens (primary N) is 2. The minimum atomic E-state index is -0.974. The van der Waals surface area contributed by atoms with Crippen LogP contribution in [0.25, 0.3) is 0 Å². The number of aliphatic carboxylic acids is 1. The maximum Gasteiger partial charge on any atom is 0.326 e. The lowest BCUT2D eigenvalue weighted by Crippen LogP contribution is -2.52. The molecular formula is C16H31N3O3. The van der Waals surface area contributed by atoms with Gasteiger partial charge in [0.25, 0.3) is 0 Å². The van der Waals surface area contributed by atoms with Gasteiger partial charge in [0, 0.05) is 6.54 Å². The molecule has 0 aromatic rings. The highest BCUT2D eigenvalue weighted by molar-refractivity contribution is 5.86. The van der Waals surface area contributed by atoms with E-state index in [2.05, 4.69) is 0 Å². The summed E-state index contributed by atoms with van der Waals surface area (Å²) in [6.07, 6.45) is 7.88. The van der Waals surface area contributed by atoms with Gasteiger partial charge < -0.3 is 21.5 Å². The predicted molar refractivity (Wildman–Crippen MR) is 86.3 cm³/mol. The van der Waals surface area contributed by atoms with Crippen LogP contribution in [0.5, 0.6) is 0 Å². The molecule has 22 heavy (non-hydrogen) atoms. The van der Waals surface area contributed by atoms with Crippen LogP contribution in [0.3, 0.4) is 0 Å². The first-order valence-electron chi connectivity index (χ1n) is 8.46. The largest absolute Gasteiger partial charge is 0.480 e. The molecule has 5 N–H and O–H groups in total. The minimum absolute atomic E-state index is 0.238. The van der Waals surface area contributed by atoms with Crippen LogP contribution in [0.1, 0.15) is 58.3 Å². The Labute approximate surface area is 133 Å². The molecule has 0 aromatic carbocycles. The van der Waals surface area contributed by atoms with Crippen LogP contribution in [-0.4, -0.2) is 47.1 Å². The zero-order valence-electron chi connectivity index (χ0n) is 13.7. The lowest BCUT2D eigenvalue weighted by molar-refractivity contribution is -0.150. The molecule has 128 valence electrons. The Morgan fingerprint density at radius 2 is 1.86 bits per heavy atom. The zero-order valence-corrected chi connectivity index (χ0v) is 13.7. The Balaban J connectivity index is 2.66. The first kappa shape index (κ1) is 18.9. The highest BCUT2D eigenvalue weighted by Gasteiger charge is 2.31. The second-order valence-corrected chi connectivity index (χ2v) is 6.40. The first-order valence-corrected chi connectivity index (χ1v) is 8.46. The Hall–Kier alpha value is -1.14. The molecule has 6 heteroatoms.